The number of halogens is 3. The van der Waals surface area contributed by atoms with Gasteiger partial charge in [-0.1, -0.05) is 78.9 Å². The summed E-state index contributed by atoms with van der Waals surface area (Å²) in [6.07, 6.45) is -2.83. The van der Waals surface area contributed by atoms with Gasteiger partial charge in [0.1, 0.15) is 0 Å². The normalized spacial score (nSPS) is 12.3. The van der Waals surface area contributed by atoms with Gasteiger partial charge in [0.25, 0.3) is 0 Å². The summed E-state index contributed by atoms with van der Waals surface area (Å²) in [7, 11) is 3.93. The first-order valence-electron chi connectivity index (χ1n) is 12.2. The summed E-state index contributed by atoms with van der Waals surface area (Å²) in [6.45, 7) is 0. The second-order valence-electron chi connectivity index (χ2n) is 9.02. The summed E-state index contributed by atoms with van der Waals surface area (Å²) in [6, 6.07) is 31.2. The van der Waals surface area contributed by atoms with Gasteiger partial charge in [0.2, 0.25) is 4.80 Å². The van der Waals surface area contributed by atoms with Gasteiger partial charge in [-0.25, -0.2) is 9.67 Å². The van der Waals surface area contributed by atoms with Crippen molar-refractivity contribution in [3.05, 3.63) is 124 Å². The SMILES string of the molecule is CN(C)c1ccc(/C=N\n2c(-c3ccc(-c4ccccc4)cc3)csc2=Nc2ccccc2C(F)(F)F)cc1. The first kappa shape index (κ1) is 26.2. The van der Waals surface area contributed by atoms with E-state index in [0.29, 0.717) is 4.80 Å². The Kier molecular flexibility index (Phi) is 7.47. The average molecular weight is 543 g/mol. The fraction of sp³-hybridized carbons (Fsp3) is 0.0968. The second-order valence-corrected chi connectivity index (χ2v) is 9.85. The van der Waals surface area contributed by atoms with Crippen molar-refractivity contribution in [2.24, 2.45) is 10.1 Å². The molecule has 8 heteroatoms. The predicted octanol–water partition coefficient (Wildman–Crippen LogP) is 8.08. The highest BCUT2D eigenvalue weighted by atomic mass is 32.1. The molecule has 0 N–H and O–H groups in total. The molecule has 0 saturated carbocycles. The molecule has 1 aromatic heterocycles. The molecule has 4 aromatic carbocycles. The lowest BCUT2D eigenvalue weighted by molar-refractivity contribution is -0.137. The lowest BCUT2D eigenvalue weighted by Gasteiger charge is -2.11. The second kappa shape index (κ2) is 11.1. The Bertz CT molecular complexity index is 1650. The van der Waals surface area contributed by atoms with Gasteiger partial charge < -0.3 is 4.90 Å². The van der Waals surface area contributed by atoms with Gasteiger partial charge in [-0.3, -0.25) is 0 Å². The molecular weight excluding hydrogens is 517 g/mol. The maximum absolute atomic E-state index is 13.7. The zero-order chi connectivity index (χ0) is 27.4. The smallest absolute Gasteiger partial charge is 0.378 e. The Labute approximate surface area is 228 Å². The standard InChI is InChI=1S/C31H25F3N4S/c1-37(2)26-18-12-22(13-19-26)20-35-38-29(25-16-14-24(15-17-25)23-8-4-3-5-9-23)21-39-30(38)36-28-11-7-6-10-27(28)31(32,33)34/h3-21H,1-2H3/b35-20-,36-30?. The molecule has 0 aliphatic heterocycles. The van der Waals surface area contributed by atoms with Crippen LogP contribution in [0.1, 0.15) is 11.1 Å². The van der Waals surface area contributed by atoms with E-state index in [1.807, 2.05) is 103 Å². The Morgan fingerprint density at radius 3 is 2.03 bits per heavy atom. The number of hydrogen-bond donors (Lipinski definition) is 0. The van der Waals surface area contributed by atoms with Crippen LogP contribution < -0.4 is 9.70 Å². The highest BCUT2D eigenvalue weighted by molar-refractivity contribution is 7.07. The third-order valence-corrected chi connectivity index (χ3v) is 6.95. The largest absolute Gasteiger partial charge is 0.418 e. The first-order valence-corrected chi connectivity index (χ1v) is 13.1. The van der Waals surface area contributed by atoms with Crippen LogP contribution in [0.5, 0.6) is 0 Å². The van der Waals surface area contributed by atoms with Crippen molar-refractivity contribution in [1.82, 2.24) is 4.68 Å². The number of para-hydroxylation sites is 1. The molecule has 0 saturated heterocycles. The van der Waals surface area contributed by atoms with E-state index in [1.165, 1.54) is 23.5 Å². The Hall–Kier alpha value is -4.43. The highest BCUT2D eigenvalue weighted by Crippen LogP contribution is 2.36. The molecular formula is C31H25F3N4S. The third-order valence-electron chi connectivity index (χ3n) is 6.13. The Balaban J connectivity index is 1.60. The molecule has 0 spiro atoms. The minimum atomic E-state index is -4.52. The fourth-order valence-electron chi connectivity index (χ4n) is 4.05. The first-order chi connectivity index (χ1) is 18.8. The van der Waals surface area contributed by atoms with Crippen molar-refractivity contribution in [2.75, 3.05) is 19.0 Å². The Morgan fingerprint density at radius 1 is 0.744 bits per heavy atom. The molecule has 5 rings (SSSR count). The van der Waals surface area contributed by atoms with Crippen LogP contribution >= 0.6 is 11.3 Å². The van der Waals surface area contributed by atoms with E-state index in [1.54, 1.807) is 17.0 Å². The number of nitrogens with zero attached hydrogens (tertiary/aromatic N) is 4. The van der Waals surface area contributed by atoms with Gasteiger partial charge in [0, 0.05) is 30.7 Å². The van der Waals surface area contributed by atoms with E-state index < -0.39 is 11.7 Å². The molecule has 0 unspecified atom stereocenters. The highest BCUT2D eigenvalue weighted by Gasteiger charge is 2.33. The monoisotopic (exact) mass is 542 g/mol. The van der Waals surface area contributed by atoms with Crippen LogP contribution in [0, 0.1) is 0 Å². The predicted molar refractivity (Wildman–Crippen MR) is 154 cm³/mol. The topological polar surface area (TPSA) is 32.9 Å². The summed E-state index contributed by atoms with van der Waals surface area (Å²) in [5.41, 5.74) is 4.72. The number of thiazole rings is 1. The van der Waals surface area contributed by atoms with E-state index in [0.717, 1.165) is 39.7 Å². The molecule has 39 heavy (non-hydrogen) atoms. The summed E-state index contributed by atoms with van der Waals surface area (Å²) in [5, 5.41) is 6.53. The lowest BCUT2D eigenvalue weighted by atomic mass is 10.0. The number of benzene rings is 4. The molecule has 0 bridgehead atoms. The van der Waals surface area contributed by atoms with Gasteiger partial charge in [0.15, 0.2) is 0 Å². The summed E-state index contributed by atoms with van der Waals surface area (Å²) < 4.78 is 42.6. The van der Waals surface area contributed by atoms with Crippen molar-refractivity contribution in [3.8, 4) is 22.4 Å². The quantitative estimate of drug-likeness (QED) is 0.200. The van der Waals surface area contributed by atoms with Crippen LogP contribution in [0.2, 0.25) is 0 Å². The van der Waals surface area contributed by atoms with E-state index in [4.69, 9.17) is 0 Å². The van der Waals surface area contributed by atoms with E-state index in [2.05, 4.69) is 10.1 Å². The zero-order valence-corrected chi connectivity index (χ0v) is 22.1. The van der Waals surface area contributed by atoms with E-state index >= 15 is 0 Å². The molecule has 0 aliphatic carbocycles. The van der Waals surface area contributed by atoms with Crippen molar-refractivity contribution in [1.29, 1.82) is 0 Å². The molecule has 0 radical (unpaired) electrons. The van der Waals surface area contributed by atoms with Crippen LogP contribution in [0.3, 0.4) is 0 Å². The van der Waals surface area contributed by atoms with Gasteiger partial charge in [-0.2, -0.15) is 18.3 Å². The van der Waals surface area contributed by atoms with Crippen molar-refractivity contribution < 1.29 is 13.2 Å². The average Bonchev–Trinajstić information content (AvgIpc) is 3.34. The van der Waals surface area contributed by atoms with E-state index in [-0.39, 0.29) is 5.69 Å². The van der Waals surface area contributed by atoms with Crippen molar-refractivity contribution in [3.63, 3.8) is 0 Å². The van der Waals surface area contributed by atoms with Gasteiger partial charge in [-0.05, 0) is 41.0 Å². The summed E-state index contributed by atoms with van der Waals surface area (Å²) in [5.74, 6) is 0. The van der Waals surface area contributed by atoms with Crippen LogP contribution in [0.25, 0.3) is 22.4 Å². The summed E-state index contributed by atoms with van der Waals surface area (Å²) in [4.78, 5) is 6.74. The molecule has 0 atom stereocenters. The van der Waals surface area contributed by atoms with Gasteiger partial charge in [-0.15, -0.1) is 11.3 Å². The Morgan fingerprint density at radius 2 is 1.36 bits per heavy atom. The van der Waals surface area contributed by atoms with Crippen LogP contribution in [-0.4, -0.2) is 25.0 Å². The van der Waals surface area contributed by atoms with Gasteiger partial charge in [0.05, 0.1) is 23.2 Å². The maximum atomic E-state index is 13.7. The maximum Gasteiger partial charge on any atom is 0.418 e. The molecule has 0 amide bonds. The zero-order valence-electron chi connectivity index (χ0n) is 21.3. The number of rotatable bonds is 6. The molecule has 0 aliphatic rings. The molecule has 5 aromatic rings. The summed E-state index contributed by atoms with van der Waals surface area (Å²) >= 11 is 1.24. The van der Waals surface area contributed by atoms with E-state index in [9.17, 15) is 13.2 Å². The number of alkyl halides is 3. The lowest BCUT2D eigenvalue weighted by Crippen LogP contribution is -2.13. The third kappa shape index (κ3) is 6.02. The number of hydrogen-bond acceptors (Lipinski definition) is 4. The minimum Gasteiger partial charge on any atom is -0.378 e. The molecule has 0 fully saturated rings. The van der Waals surface area contributed by atoms with Crippen LogP contribution in [0.15, 0.2) is 119 Å². The van der Waals surface area contributed by atoms with Crippen molar-refractivity contribution >= 4 is 28.9 Å². The minimum absolute atomic E-state index is 0.155. The van der Waals surface area contributed by atoms with Gasteiger partial charge >= 0.3 is 6.18 Å². The molecule has 1 heterocycles. The van der Waals surface area contributed by atoms with Crippen molar-refractivity contribution in [2.45, 2.75) is 6.18 Å². The number of aromatic nitrogens is 1. The van der Waals surface area contributed by atoms with Crippen LogP contribution in [-0.2, 0) is 6.18 Å². The number of anilines is 1. The van der Waals surface area contributed by atoms with Crippen LogP contribution in [0.4, 0.5) is 24.5 Å². The fourth-order valence-corrected chi connectivity index (χ4v) is 4.90. The molecule has 4 nitrogen and oxygen atoms in total. The molecule has 196 valence electrons.